The molecule has 0 fully saturated rings. The van der Waals surface area contributed by atoms with Gasteiger partial charge in [0.25, 0.3) is 0 Å². The van der Waals surface area contributed by atoms with E-state index in [0.717, 1.165) is 28.6 Å². The third-order valence-corrected chi connectivity index (χ3v) is 5.50. The molecule has 0 radical (unpaired) electrons. The molecular weight excluding hydrogens is 290 g/mol. The topological polar surface area (TPSA) is 37.8 Å². The maximum atomic E-state index is 4.69. The van der Waals surface area contributed by atoms with Gasteiger partial charge in [0, 0.05) is 10.6 Å². The van der Waals surface area contributed by atoms with Gasteiger partial charge >= 0.3 is 0 Å². The average molecular weight is 309 g/mol. The zero-order valence-electron chi connectivity index (χ0n) is 13.2. The predicted molar refractivity (Wildman–Crippen MR) is 93.4 cm³/mol. The summed E-state index contributed by atoms with van der Waals surface area (Å²) in [6.07, 6.45) is 3.61. The second-order valence-electron chi connectivity index (χ2n) is 6.10. The van der Waals surface area contributed by atoms with Crippen LogP contribution in [-0.4, -0.2) is 9.97 Å². The minimum Gasteiger partial charge on any atom is -0.339 e. The number of anilines is 2. The lowest BCUT2D eigenvalue weighted by molar-refractivity contribution is 0.917. The first-order valence-electron chi connectivity index (χ1n) is 7.75. The molecular formula is C18H19N3S. The van der Waals surface area contributed by atoms with Gasteiger partial charge in [-0.05, 0) is 57.2 Å². The Bertz CT molecular complexity index is 880. The average Bonchev–Trinajstić information content (AvgIpc) is 3.01. The SMILES string of the molecule is Cc1ccc(Nc2nc(C)nc3sc4c(c23)CCC4)c(C)c1. The van der Waals surface area contributed by atoms with Gasteiger partial charge < -0.3 is 5.32 Å². The molecule has 22 heavy (non-hydrogen) atoms. The number of hydrogen-bond acceptors (Lipinski definition) is 4. The Hall–Kier alpha value is -1.94. The summed E-state index contributed by atoms with van der Waals surface area (Å²) in [4.78, 5) is 12.0. The van der Waals surface area contributed by atoms with Crippen LogP contribution >= 0.6 is 11.3 Å². The highest BCUT2D eigenvalue weighted by molar-refractivity contribution is 7.19. The largest absolute Gasteiger partial charge is 0.339 e. The van der Waals surface area contributed by atoms with Crippen molar-refractivity contribution in [3.63, 3.8) is 0 Å². The lowest BCUT2D eigenvalue weighted by Crippen LogP contribution is -2.00. The molecule has 112 valence electrons. The van der Waals surface area contributed by atoms with Gasteiger partial charge in [0.05, 0.1) is 5.39 Å². The Labute approximate surface area is 134 Å². The summed E-state index contributed by atoms with van der Waals surface area (Å²) in [7, 11) is 0. The summed E-state index contributed by atoms with van der Waals surface area (Å²) >= 11 is 1.84. The Morgan fingerprint density at radius 3 is 2.77 bits per heavy atom. The number of benzene rings is 1. The quantitative estimate of drug-likeness (QED) is 0.735. The monoisotopic (exact) mass is 309 g/mol. The summed E-state index contributed by atoms with van der Waals surface area (Å²) in [5, 5.41) is 4.79. The fourth-order valence-corrected chi connectivity index (χ4v) is 4.58. The van der Waals surface area contributed by atoms with Crippen LogP contribution < -0.4 is 5.32 Å². The summed E-state index contributed by atoms with van der Waals surface area (Å²) < 4.78 is 0. The fourth-order valence-electron chi connectivity index (χ4n) is 3.27. The molecule has 0 saturated carbocycles. The summed E-state index contributed by atoms with van der Waals surface area (Å²) in [6.45, 7) is 6.23. The van der Waals surface area contributed by atoms with Crippen molar-refractivity contribution in [2.75, 3.05) is 5.32 Å². The van der Waals surface area contributed by atoms with E-state index < -0.39 is 0 Å². The van der Waals surface area contributed by atoms with Crippen LogP contribution in [0.2, 0.25) is 0 Å². The van der Waals surface area contributed by atoms with E-state index >= 15 is 0 Å². The van der Waals surface area contributed by atoms with E-state index in [0.29, 0.717) is 0 Å². The molecule has 0 amide bonds. The van der Waals surface area contributed by atoms with Gasteiger partial charge in [0.2, 0.25) is 0 Å². The lowest BCUT2D eigenvalue weighted by atomic mass is 10.1. The van der Waals surface area contributed by atoms with Crippen LogP contribution in [0.25, 0.3) is 10.2 Å². The second kappa shape index (κ2) is 5.06. The Morgan fingerprint density at radius 1 is 1.09 bits per heavy atom. The number of hydrogen-bond donors (Lipinski definition) is 1. The molecule has 4 heteroatoms. The third kappa shape index (κ3) is 2.18. The molecule has 0 spiro atoms. The van der Waals surface area contributed by atoms with Gasteiger partial charge in [-0.3, -0.25) is 0 Å². The van der Waals surface area contributed by atoms with Crippen LogP contribution in [0.3, 0.4) is 0 Å². The summed E-state index contributed by atoms with van der Waals surface area (Å²) in [5.74, 6) is 1.80. The number of nitrogens with one attached hydrogen (secondary N) is 1. The smallest absolute Gasteiger partial charge is 0.143 e. The van der Waals surface area contributed by atoms with Crippen molar-refractivity contribution in [1.29, 1.82) is 0 Å². The number of aromatic nitrogens is 2. The molecule has 2 aromatic heterocycles. The van der Waals surface area contributed by atoms with Crippen LogP contribution in [0, 0.1) is 20.8 Å². The first-order chi connectivity index (χ1) is 10.6. The molecule has 0 unspecified atom stereocenters. The van der Waals surface area contributed by atoms with Crippen LogP contribution in [0.1, 0.15) is 33.8 Å². The van der Waals surface area contributed by atoms with Crippen molar-refractivity contribution in [3.8, 4) is 0 Å². The molecule has 0 aliphatic heterocycles. The number of aryl methyl sites for hydroxylation is 5. The van der Waals surface area contributed by atoms with Gasteiger partial charge in [0.15, 0.2) is 0 Å². The molecule has 4 rings (SSSR count). The number of fused-ring (bicyclic) bond motifs is 3. The van der Waals surface area contributed by atoms with Crippen molar-refractivity contribution in [3.05, 3.63) is 45.6 Å². The second-order valence-corrected chi connectivity index (χ2v) is 7.18. The summed E-state index contributed by atoms with van der Waals surface area (Å²) in [6, 6.07) is 6.48. The third-order valence-electron chi connectivity index (χ3n) is 4.31. The van der Waals surface area contributed by atoms with E-state index in [2.05, 4.69) is 42.3 Å². The standard InChI is InChI=1S/C18H19N3S/c1-10-7-8-14(11(2)9-10)21-17-16-13-5-4-6-15(13)22-18(16)20-12(3)19-17/h7-9H,4-6H2,1-3H3,(H,19,20,21). The lowest BCUT2D eigenvalue weighted by Gasteiger charge is -2.12. The molecule has 1 aliphatic carbocycles. The highest BCUT2D eigenvalue weighted by Gasteiger charge is 2.22. The van der Waals surface area contributed by atoms with E-state index in [9.17, 15) is 0 Å². The zero-order valence-corrected chi connectivity index (χ0v) is 14.0. The Balaban J connectivity index is 1.87. The van der Waals surface area contributed by atoms with Crippen LogP contribution in [0.15, 0.2) is 18.2 Å². The van der Waals surface area contributed by atoms with Crippen molar-refractivity contribution in [2.24, 2.45) is 0 Å². The molecule has 1 aromatic carbocycles. The Kier molecular flexibility index (Phi) is 3.15. The van der Waals surface area contributed by atoms with Crippen molar-refractivity contribution in [2.45, 2.75) is 40.0 Å². The highest BCUT2D eigenvalue weighted by Crippen LogP contribution is 2.40. The molecule has 1 N–H and O–H groups in total. The first-order valence-corrected chi connectivity index (χ1v) is 8.56. The Morgan fingerprint density at radius 2 is 1.95 bits per heavy atom. The molecule has 3 aromatic rings. The minimum atomic E-state index is 0.833. The van der Waals surface area contributed by atoms with Crippen LogP contribution in [0.5, 0.6) is 0 Å². The highest BCUT2D eigenvalue weighted by atomic mass is 32.1. The number of thiophene rings is 1. The maximum absolute atomic E-state index is 4.69. The van der Waals surface area contributed by atoms with Gasteiger partial charge in [-0.15, -0.1) is 11.3 Å². The molecule has 0 atom stereocenters. The molecule has 3 nitrogen and oxygen atoms in total. The van der Waals surface area contributed by atoms with Crippen LogP contribution in [0.4, 0.5) is 11.5 Å². The number of nitrogens with zero attached hydrogens (tertiary/aromatic N) is 2. The molecule has 0 bridgehead atoms. The van der Waals surface area contributed by atoms with Gasteiger partial charge in [-0.1, -0.05) is 17.7 Å². The van der Waals surface area contributed by atoms with Gasteiger partial charge in [-0.25, -0.2) is 9.97 Å². The first kappa shape index (κ1) is 13.7. The zero-order chi connectivity index (χ0) is 15.3. The van der Waals surface area contributed by atoms with Crippen molar-refractivity contribution < 1.29 is 0 Å². The van der Waals surface area contributed by atoms with E-state index in [4.69, 9.17) is 4.98 Å². The fraction of sp³-hybridized carbons (Fsp3) is 0.333. The predicted octanol–water partition coefficient (Wildman–Crippen LogP) is 4.85. The van der Waals surface area contributed by atoms with E-state index in [1.165, 1.54) is 39.8 Å². The molecule has 0 saturated heterocycles. The van der Waals surface area contributed by atoms with E-state index in [-0.39, 0.29) is 0 Å². The van der Waals surface area contributed by atoms with Crippen molar-refractivity contribution >= 4 is 33.1 Å². The van der Waals surface area contributed by atoms with Gasteiger partial charge in [-0.2, -0.15) is 0 Å². The maximum Gasteiger partial charge on any atom is 0.143 e. The number of rotatable bonds is 2. The molecule has 2 heterocycles. The van der Waals surface area contributed by atoms with E-state index in [1.807, 2.05) is 18.3 Å². The van der Waals surface area contributed by atoms with E-state index in [1.54, 1.807) is 0 Å². The minimum absolute atomic E-state index is 0.833. The van der Waals surface area contributed by atoms with Gasteiger partial charge in [0.1, 0.15) is 16.5 Å². The normalized spacial score (nSPS) is 13.6. The summed E-state index contributed by atoms with van der Waals surface area (Å²) in [5.41, 5.74) is 5.12. The van der Waals surface area contributed by atoms with Crippen LogP contribution in [-0.2, 0) is 12.8 Å². The molecule has 1 aliphatic rings. The van der Waals surface area contributed by atoms with Crippen molar-refractivity contribution in [1.82, 2.24) is 9.97 Å².